The summed E-state index contributed by atoms with van der Waals surface area (Å²) in [5.41, 5.74) is 2.18. The van der Waals surface area contributed by atoms with Crippen molar-refractivity contribution in [2.45, 2.75) is 24.9 Å². The molecular formula is C14H16Br2N2O2. The average molecular weight is 404 g/mol. The van der Waals surface area contributed by atoms with Gasteiger partial charge in [0.15, 0.2) is 0 Å². The highest BCUT2D eigenvalue weighted by atomic mass is 79.9. The first-order valence-corrected chi connectivity index (χ1v) is 8.69. The molecular weight excluding hydrogens is 388 g/mol. The van der Waals surface area contributed by atoms with E-state index >= 15 is 0 Å². The highest BCUT2D eigenvalue weighted by molar-refractivity contribution is 9.09. The standard InChI is InChI=1S/C14H16Br2N2O2/c15-7-13(19)17-11-5-6-12(18-14(20)8-16)10-4-2-1-3-9(10)11/h1-4,11-12H,5-8H2,(H,17,19)(H,18,20). The van der Waals surface area contributed by atoms with Gasteiger partial charge in [0.1, 0.15) is 0 Å². The number of hydrogen-bond donors (Lipinski definition) is 2. The van der Waals surface area contributed by atoms with Gasteiger partial charge < -0.3 is 10.6 Å². The van der Waals surface area contributed by atoms with Crippen LogP contribution < -0.4 is 10.6 Å². The zero-order valence-corrected chi connectivity index (χ0v) is 14.0. The van der Waals surface area contributed by atoms with Gasteiger partial charge in [0.05, 0.1) is 22.7 Å². The molecule has 108 valence electrons. The Morgan fingerprint density at radius 2 is 1.35 bits per heavy atom. The van der Waals surface area contributed by atoms with Crippen molar-refractivity contribution in [2.75, 3.05) is 10.7 Å². The third kappa shape index (κ3) is 3.61. The van der Waals surface area contributed by atoms with E-state index in [1.165, 1.54) is 0 Å². The lowest BCUT2D eigenvalue weighted by molar-refractivity contribution is -0.120. The van der Waals surface area contributed by atoms with Gasteiger partial charge in [-0.2, -0.15) is 0 Å². The van der Waals surface area contributed by atoms with Crippen molar-refractivity contribution < 1.29 is 9.59 Å². The predicted octanol–water partition coefficient (Wildman–Crippen LogP) is 2.58. The van der Waals surface area contributed by atoms with Crippen LogP contribution in [0.25, 0.3) is 0 Å². The summed E-state index contributed by atoms with van der Waals surface area (Å²) in [6.45, 7) is 0. The van der Waals surface area contributed by atoms with E-state index in [-0.39, 0.29) is 23.9 Å². The molecule has 2 unspecified atom stereocenters. The molecule has 0 aromatic heterocycles. The summed E-state index contributed by atoms with van der Waals surface area (Å²) in [4.78, 5) is 23.1. The first-order valence-electron chi connectivity index (χ1n) is 6.45. The summed E-state index contributed by atoms with van der Waals surface area (Å²) in [5, 5.41) is 6.61. The summed E-state index contributed by atoms with van der Waals surface area (Å²) in [7, 11) is 0. The first-order chi connectivity index (χ1) is 9.65. The number of halogens is 2. The fraction of sp³-hybridized carbons (Fsp3) is 0.429. The second kappa shape index (κ2) is 7.22. The van der Waals surface area contributed by atoms with Gasteiger partial charge in [-0.15, -0.1) is 0 Å². The Hall–Kier alpha value is -0.880. The zero-order chi connectivity index (χ0) is 14.5. The van der Waals surface area contributed by atoms with Crippen molar-refractivity contribution in [3.8, 4) is 0 Å². The van der Waals surface area contributed by atoms with Crippen molar-refractivity contribution in [1.82, 2.24) is 10.6 Å². The maximum atomic E-state index is 11.6. The Labute approximate surface area is 135 Å². The van der Waals surface area contributed by atoms with Gasteiger partial charge in [0, 0.05) is 0 Å². The van der Waals surface area contributed by atoms with Gasteiger partial charge in [-0.3, -0.25) is 9.59 Å². The van der Waals surface area contributed by atoms with Gasteiger partial charge in [0.25, 0.3) is 0 Å². The Morgan fingerprint density at radius 3 is 1.70 bits per heavy atom. The molecule has 1 aliphatic rings. The molecule has 2 rings (SSSR count). The number of alkyl halides is 2. The number of carbonyl (C=O) groups excluding carboxylic acids is 2. The smallest absolute Gasteiger partial charge is 0.231 e. The first kappa shape index (κ1) is 15.5. The van der Waals surface area contributed by atoms with E-state index in [2.05, 4.69) is 42.5 Å². The number of fused-ring (bicyclic) bond motifs is 1. The molecule has 2 atom stereocenters. The van der Waals surface area contributed by atoms with E-state index < -0.39 is 0 Å². The molecule has 2 amide bonds. The third-order valence-electron chi connectivity index (χ3n) is 3.40. The SMILES string of the molecule is O=C(CBr)NC1CCC(NC(=O)CBr)c2ccccc21. The minimum Gasteiger partial charge on any atom is -0.349 e. The molecule has 0 radical (unpaired) electrons. The summed E-state index contributed by atoms with van der Waals surface area (Å²) in [6, 6.07) is 7.99. The minimum atomic E-state index is -0.0206. The van der Waals surface area contributed by atoms with E-state index in [1.54, 1.807) is 0 Å². The molecule has 0 spiro atoms. The summed E-state index contributed by atoms with van der Waals surface area (Å²) in [6.07, 6.45) is 1.64. The van der Waals surface area contributed by atoms with Crippen molar-refractivity contribution >= 4 is 43.7 Å². The van der Waals surface area contributed by atoms with Crippen molar-refractivity contribution in [3.05, 3.63) is 35.4 Å². The summed E-state index contributed by atoms with van der Waals surface area (Å²) >= 11 is 6.32. The van der Waals surface area contributed by atoms with Crippen LogP contribution in [0.1, 0.15) is 36.1 Å². The monoisotopic (exact) mass is 402 g/mol. The Balaban J connectivity index is 2.20. The number of benzene rings is 1. The van der Waals surface area contributed by atoms with Gasteiger partial charge in [-0.05, 0) is 24.0 Å². The Bertz CT molecular complexity index is 463. The van der Waals surface area contributed by atoms with E-state index in [4.69, 9.17) is 0 Å². The van der Waals surface area contributed by atoms with Gasteiger partial charge in [0.2, 0.25) is 11.8 Å². The number of nitrogens with one attached hydrogen (secondary N) is 2. The zero-order valence-electron chi connectivity index (χ0n) is 10.9. The van der Waals surface area contributed by atoms with Gasteiger partial charge in [-0.25, -0.2) is 0 Å². The molecule has 0 fully saturated rings. The summed E-state index contributed by atoms with van der Waals surface area (Å²) in [5.74, 6) is -0.0412. The predicted molar refractivity (Wildman–Crippen MR) is 85.0 cm³/mol. The van der Waals surface area contributed by atoms with E-state index in [1.807, 2.05) is 24.3 Å². The van der Waals surface area contributed by atoms with Crippen LogP contribution in [0.2, 0.25) is 0 Å². The average Bonchev–Trinajstić information content (AvgIpc) is 2.49. The molecule has 4 nitrogen and oxygen atoms in total. The molecule has 6 heteroatoms. The van der Waals surface area contributed by atoms with E-state index in [0.29, 0.717) is 10.7 Å². The summed E-state index contributed by atoms with van der Waals surface area (Å²) < 4.78 is 0. The van der Waals surface area contributed by atoms with Crippen molar-refractivity contribution in [3.63, 3.8) is 0 Å². The van der Waals surface area contributed by atoms with E-state index in [9.17, 15) is 9.59 Å². The molecule has 1 aromatic carbocycles. The molecule has 0 aliphatic heterocycles. The highest BCUT2D eigenvalue weighted by Gasteiger charge is 2.28. The molecule has 0 heterocycles. The molecule has 1 aromatic rings. The van der Waals surface area contributed by atoms with Crippen LogP contribution >= 0.6 is 31.9 Å². The van der Waals surface area contributed by atoms with E-state index in [0.717, 1.165) is 24.0 Å². The Morgan fingerprint density at radius 1 is 0.950 bits per heavy atom. The quantitative estimate of drug-likeness (QED) is 0.759. The largest absolute Gasteiger partial charge is 0.349 e. The normalized spacial score (nSPS) is 20.9. The lowest BCUT2D eigenvalue weighted by Gasteiger charge is -2.32. The van der Waals surface area contributed by atoms with Crippen molar-refractivity contribution in [1.29, 1.82) is 0 Å². The Kier molecular flexibility index (Phi) is 5.60. The minimum absolute atomic E-state index is 0.0206. The van der Waals surface area contributed by atoms with Crippen molar-refractivity contribution in [2.24, 2.45) is 0 Å². The molecule has 0 bridgehead atoms. The molecule has 1 aliphatic carbocycles. The van der Waals surface area contributed by atoms with Crippen LogP contribution in [0.5, 0.6) is 0 Å². The van der Waals surface area contributed by atoms with Crippen LogP contribution in [-0.2, 0) is 9.59 Å². The lowest BCUT2D eigenvalue weighted by atomic mass is 9.84. The number of amides is 2. The molecule has 0 saturated heterocycles. The lowest BCUT2D eigenvalue weighted by Crippen LogP contribution is -2.37. The number of carbonyl (C=O) groups is 2. The van der Waals surface area contributed by atoms with Gasteiger partial charge in [-0.1, -0.05) is 56.1 Å². The van der Waals surface area contributed by atoms with Crippen LogP contribution in [0.4, 0.5) is 0 Å². The molecule has 0 saturated carbocycles. The van der Waals surface area contributed by atoms with Crippen LogP contribution in [0, 0.1) is 0 Å². The maximum Gasteiger partial charge on any atom is 0.231 e. The fourth-order valence-corrected chi connectivity index (χ4v) is 2.88. The number of rotatable bonds is 4. The molecule has 2 N–H and O–H groups in total. The maximum absolute atomic E-state index is 11.6. The van der Waals surface area contributed by atoms with Crippen LogP contribution in [-0.4, -0.2) is 22.5 Å². The highest BCUT2D eigenvalue weighted by Crippen LogP contribution is 2.35. The number of hydrogen-bond acceptors (Lipinski definition) is 2. The van der Waals surface area contributed by atoms with Crippen LogP contribution in [0.15, 0.2) is 24.3 Å². The second-order valence-electron chi connectivity index (χ2n) is 4.71. The molecule has 20 heavy (non-hydrogen) atoms. The van der Waals surface area contributed by atoms with Crippen LogP contribution in [0.3, 0.4) is 0 Å². The second-order valence-corrected chi connectivity index (χ2v) is 5.84. The topological polar surface area (TPSA) is 58.2 Å². The third-order valence-corrected chi connectivity index (χ3v) is 4.42. The van der Waals surface area contributed by atoms with Gasteiger partial charge >= 0.3 is 0 Å². The fourth-order valence-electron chi connectivity index (χ4n) is 2.56.